The fourth-order valence-corrected chi connectivity index (χ4v) is 3.01. The zero-order valence-corrected chi connectivity index (χ0v) is 14.9. The number of aromatic nitrogens is 1. The highest BCUT2D eigenvalue weighted by atomic mass is 19.2. The number of hydrogen-bond donors (Lipinski definition) is 2. The highest BCUT2D eigenvalue weighted by molar-refractivity contribution is 5.92. The van der Waals surface area contributed by atoms with Crippen molar-refractivity contribution in [2.45, 2.75) is 13.3 Å². The van der Waals surface area contributed by atoms with Crippen molar-refractivity contribution < 1.29 is 31.5 Å². The van der Waals surface area contributed by atoms with E-state index in [0.717, 1.165) is 0 Å². The van der Waals surface area contributed by atoms with Crippen LogP contribution in [0.25, 0.3) is 22.2 Å². The topological polar surface area (TPSA) is 54.1 Å². The number of rotatable bonds is 5. The van der Waals surface area contributed by atoms with Crippen LogP contribution < -0.4 is 10.1 Å². The Balaban J connectivity index is 2.27. The fourth-order valence-electron chi connectivity index (χ4n) is 3.01. The van der Waals surface area contributed by atoms with Gasteiger partial charge < -0.3 is 15.0 Å². The molecule has 0 bridgehead atoms. The molecule has 28 heavy (non-hydrogen) atoms. The number of methoxy groups -OCH3 is 1. The van der Waals surface area contributed by atoms with Gasteiger partial charge >= 0.3 is 0 Å². The second-order valence-corrected chi connectivity index (χ2v) is 6.07. The lowest BCUT2D eigenvalue weighted by atomic mass is 10.0. The Bertz CT molecular complexity index is 1050. The number of amides is 1. The van der Waals surface area contributed by atoms with Gasteiger partial charge in [0.2, 0.25) is 11.7 Å². The van der Waals surface area contributed by atoms with Crippen LogP contribution in [0, 0.1) is 29.1 Å². The third-order valence-electron chi connectivity index (χ3n) is 4.32. The molecule has 2 aromatic carbocycles. The van der Waals surface area contributed by atoms with E-state index in [1.54, 1.807) is 18.2 Å². The van der Waals surface area contributed by atoms with E-state index < -0.39 is 34.6 Å². The second-order valence-electron chi connectivity index (χ2n) is 6.07. The van der Waals surface area contributed by atoms with Crippen LogP contribution >= 0.6 is 0 Å². The lowest BCUT2D eigenvalue weighted by Gasteiger charge is -2.10. The number of carbonyl (C=O) groups excluding carboxylic acids is 1. The zero-order chi connectivity index (χ0) is 20.6. The second kappa shape index (κ2) is 7.49. The first-order valence-electron chi connectivity index (χ1n) is 8.21. The molecular weight excluding hydrogens is 383 g/mol. The Morgan fingerprint density at radius 3 is 2.21 bits per heavy atom. The molecule has 4 nitrogen and oxygen atoms in total. The van der Waals surface area contributed by atoms with Crippen molar-refractivity contribution in [2.24, 2.45) is 0 Å². The van der Waals surface area contributed by atoms with Crippen LogP contribution in [-0.2, 0) is 11.2 Å². The number of benzene rings is 2. The van der Waals surface area contributed by atoms with Crippen molar-refractivity contribution in [3.8, 4) is 17.0 Å². The Morgan fingerprint density at radius 1 is 1.04 bits per heavy atom. The molecule has 0 fully saturated rings. The molecule has 9 heteroatoms. The van der Waals surface area contributed by atoms with Gasteiger partial charge in [0.15, 0.2) is 23.3 Å². The molecule has 0 aliphatic heterocycles. The van der Waals surface area contributed by atoms with Gasteiger partial charge in [0.25, 0.3) is 0 Å². The van der Waals surface area contributed by atoms with Crippen LogP contribution in [0.2, 0.25) is 0 Å². The quantitative estimate of drug-likeness (QED) is 0.384. The van der Waals surface area contributed by atoms with E-state index >= 15 is 0 Å². The summed E-state index contributed by atoms with van der Waals surface area (Å²) in [5, 5.41) is 3.01. The van der Waals surface area contributed by atoms with Crippen LogP contribution in [-0.4, -0.2) is 24.5 Å². The minimum Gasteiger partial charge on any atom is -0.497 e. The summed E-state index contributed by atoms with van der Waals surface area (Å²) >= 11 is 0. The molecule has 3 rings (SSSR count). The first-order chi connectivity index (χ1) is 13.3. The molecule has 0 aliphatic rings. The van der Waals surface area contributed by atoms with Gasteiger partial charge in [0.1, 0.15) is 5.75 Å². The fraction of sp³-hybridized carbons (Fsp3) is 0.211. The maximum atomic E-state index is 14.4. The summed E-state index contributed by atoms with van der Waals surface area (Å²) in [5.41, 5.74) is -0.603. The average molecular weight is 398 g/mol. The minimum absolute atomic E-state index is 0.0849. The summed E-state index contributed by atoms with van der Waals surface area (Å²) in [7, 11) is 1.43. The number of ether oxygens (including phenoxy) is 1. The van der Waals surface area contributed by atoms with Gasteiger partial charge in [-0.2, -0.15) is 0 Å². The Morgan fingerprint density at radius 2 is 1.64 bits per heavy atom. The number of aromatic amines is 1. The van der Waals surface area contributed by atoms with Gasteiger partial charge in [-0.15, -0.1) is 0 Å². The van der Waals surface area contributed by atoms with E-state index in [1.807, 2.05) is 0 Å². The highest BCUT2D eigenvalue weighted by Gasteiger charge is 2.29. The molecule has 0 unspecified atom stereocenters. The molecule has 0 saturated carbocycles. The van der Waals surface area contributed by atoms with Crippen LogP contribution in [0.1, 0.15) is 12.5 Å². The Hall–Kier alpha value is -3.10. The summed E-state index contributed by atoms with van der Waals surface area (Å²) in [6.07, 6.45) is 0.0849. The molecule has 0 spiro atoms. The van der Waals surface area contributed by atoms with Crippen molar-refractivity contribution in [2.75, 3.05) is 13.7 Å². The number of halogens is 5. The summed E-state index contributed by atoms with van der Waals surface area (Å²) in [6.45, 7) is 1.39. The largest absolute Gasteiger partial charge is 0.497 e. The predicted molar refractivity (Wildman–Crippen MR) is 92.5 cm³/mol. The molecule has 0 radical (unpaired) electrons. The number of H-pyrrole nitrogens is 1. The average Bonchev–Trinajstić information content (AvgIpc) is 3.02. The molecule has 3 aromatic rings. The van der Waals surface area contributed by atoms with Crippen LogP contribution in [0.15, 0.2) is 18.2 Å². The molecule has 0 saturated heterocycles. The lowest BCUT2D eigenvalue weighted by molar-refractivity contribution is -0.118. The first kappa shape index (κ1) is 19.7. The van der Waals surface area contributed by atoms with E-state index in [4.69, 9.17) is 4.74 Å². The van der Waals surface area contributed by atoms with E-state index in [-0.39, 0.29) is 30.1 Å². The summed E-state index contributed by atoms with van der Waals surface area (Å²) in [5.74, 6) is -10.0. The van der Waals surface area contributed by atoms with E-state index in [0.29, 0.717) is 16.7 Å². The van der Waals surface area contributed by atoms with Gasteiger partial charge in [-0.1, -0.05) is 0 Å². The SMILES string of the molecule is COc1ccc2[nH]c(-c3c(F)c(F)c(F)c(F)c3F)c(CCNC(C)=O)c2c1. The number of nitrogens with one attached hydrogen (secondary N) is 2. The number of fused-ring (bicyclic) bond motifs is 1. The molecule has 0 aliphatic carbocycles. The van der Waals surface area contributed by atoms with E-state index in [2.05, 4.69) is 10.3 Å². The van der Waals surface area contributed by atoms with Crippen LogP contribution in [0.5, 0.6) is 5.75 Å². The molecule has 0 atom stereocenters. The van der Waals surface area contributed by atoms with Gasteiger partial charge in [-0.25, -0.2) is 22.0 Å². The number of carbonyl (C=O) groups is 1. The minimum atomic E-state index is -2.23. The van der Waals surface area contributed by atoms with Gasteiger partial charge in [-0.3, -0.25) is 4.79 Å². The van der Waals surface area contributed by atoms with Crippen LogP contribution in [0.4, 0.5) is 22.0 Å². The maximum Gasteiger partial charge on any atom is 0.216 e. The molecule has 148 valence electrons. The maximum absolute atomic E-state index is 14.4. The van der Waals surface area contributed by atoms with E-state index in [1.165, 1.54) is 14.0 Å². The van der Waals surface area contributed by atoms with E-state index in [9.17, 15) is 26.7 Å². The third kappa shape index (κ3) is 3.28. The van der Waals surface area contributed by atoms with Gasteiger partial charge in [0, 0.05) is 24.4 Å². The smallest absolute Gasteiger partial charge is 0.216 e. The van der Waals surface area contributed by atoms with Gasteiger partial charge in [-0.05, 0) is 30.2 Å². The molecule has 1 heterocycles. The van der Waals surface area contributed by atoms with Crippen molar-refractivity contribution in [3.63, 3.8) is 0 Å². The van der Waals surface area contributed by atoms with Crippen molar-refractivity contribution in [1.82, 2.24) is 10.3 Å². The summed E-state index contributed by atoms with van der Waals surface area (Å²) in [4.78, 5) is 13.8. The normalized spacial score (nSPS) is 11.1. The van der Waals surface area contributed by atoms with Crippen molar-refractivity contribution >= 4 is 16.8 Å². The highest BCUT2D eigenvalue weighted by Crippen LogP contribution is 2.37. The van der Waals surface area contributed by atoms with Crippen LogP contribution in [0.3, 0.4) is 0 Å². The lowest BCUT2D eigenvalue weighted by Crippen LogP contribution is -2.22. The standard InChI is InChI=1S/C19H15F5N2O2/c1-8(27)25-6-5-10-11-7-9(28-2)3-4-12(11)26-19(10)13-14(20)16(22)18(24)17(23)15(13)21/h3-4,7,26H,5-6H2,1-2H3,(H,25,27). The Labute approximate surface area is 156 Å². The monoisotopic (exact) mass is 398 g/mol. The van der Waals surface area contributed by atoms with Crippen molar-refractivity contribution in [1.29, 1.82) is 0 Å². The summed E-state index contributed by atoms with van der Waals surface area (Å²) in [6, 6.07) is 4.72. The third-order valence-corrected chi connectivity index (χ3v) is 4.32. The molecule has 1 amide bonds. The predicted octanol–water partition coefficient (Wildman–Crippen LogP) is 4.22. The molecular formula is C19H15F5N2O2. The summed E-state index contributed by atoms with van der Waals surface area (Å²) < 4.78 is 74.7. The number of hydrogen-bond acceptors (Lipinski definition) is 2. The zero-order valence-electron chi connectivity index (χ0n) is 14.9. The van der Waals surface area contributed by atoms with Gasteiger partial charge in [0.05, 0.1) is 18.4 Å². The first-order valence-corrected chi connectivity index (χ1v) is 8.21. The molecule has 1 aromatic heterocycles. The molecule has 2 N–H and O–H groups in total. The van der Waals surface area contributed by atoms with Crippen molar-refractivity contribution in [3.05, 3.63) is 52.8 Å². The Kier molecular flexibility index (Phi) is 5.26.